The summed E-state index contributed by atoms with van der Waals surface area (Å²) < 4.78 is 10.4. The summed E-state index contributed by atoms with van der Waals surface area (Å²) >= 11 is 0. The van der Waals surface area contributed by atoms with Crippen LogP contribution in [0.5, 0.6) is 0 Å². The van der Waals surface area contributed by atoms with Crippen molar-refractivity contribution in [1.29, 1.82) is 0 Å². The molecule has 0 aromatic heterocycles. The summed E-state index contributed by atoms with van der Waals surface area (Å²) in [4.78, 5) is 16.9. The Bertz CT molecular complexity index is 560. The van der Waals surface area contributed by atoms with Crippen LogP contribution in [0.15, 0.2) is 30.3 Å². The molecule has 27 heavy (non-hydrogen) atoms. The topological polar surface area (TPSA) is 42.0 Å². The van der Waals surface area contributed by atoms with Gasteiger partial charge in [0.2, 0.25) is 0 Å². The third-order valence-corrected chi connectivity index (χ3v) is 6.02. The monoisotopic (exact) mass is 374 g/mol. The van der Waals surface area contributed by atoms with Gasteiger partial charge in [-0.1, -0.05) is 30.3 Å². The lowest BCUT2D eigenvalue weighted by Gasteiger charge is -2.45. The maximum atomic E-state index is 11.7. The van der Waals surface area contributed by atoms with E-state index >= 15 is 0 Å². The van der Waals surface area contributed by atoms with Gasteiger partial charge in [-0.15, -0.1) is 0 Å². The molecule has 0 aliphatic carbocycles. The number of nitrogens with zero attached hydrogens (tertiary/aromatic N) is 2. The summed E-state index contributed by atoms with van der Waals surface area (Å²) in [7, 11) is 1.48. The molecule has 2 fully saturated rings. The summed E-state index contributed by atoms with van der Waals surface area (Å²) in [5.41, 5.74) is 1.42. The van der Waals surface area contributed by atoms with Gasteiger partial charge in [0.25, 0.3) is 0 Å². The highest BCUT2D eigenvalue weighted by Crippen LogP contribution is 2.27. The smallest absolute Gasteiger partial charge is 0.305 e. The first-order chi connectivity index (χ1) is 13.3. The lowest BCUT2D eigenvalue weighted by molar-refractivity contribution is -0.141. The van der Waals surface area contributed by atoms with E-state index in [0.29, 0.717) is 18.4 Å². The summed E-state index contributed by atoms with van der Waals surface area (Å²) in [5, 5.41) is 0. The molecule has 0 saturated carbocycles. The van der Waals surface area contributed by atoms with Crippen LogP contribution in [0.1, 0.15) is 31.2 Å². The average molecular weight is 375 g/mol. The number of aryl methyl sites for hydroxylation is 1. The first-order valence-corrected chi connectivity index (χ1v) is 10.4. The van der Waals surface area contributed by atoms with Crippen molar-refractivity contribution in [2.45, 2.75) is 38.1 Å². The second-order valence-corrected chi connectivity index (χ2v) is 7.77. The Kier molecular flexibility index (Phi) is 8.11. The van der Waals surface area contributed by atoms with Crippen molar-refractivity contribution in [3.63, 3.8) is 0 Å². The number of likely N-dealkylation sites (tertiary alicyclic amines) is 1. The predicted octanol–water partition coefficient (Wildman–Crippen LogP) is 2.60. The molecular formula is C22H34N2O3. The molecule has 2 aliphatic heterocycles. The Balaban J connectivity index is 1.51. The number of hydrogen-bond acceptors (Lipinski definition) is 5. The molecule has 1 aromatic rings. The molecule has 0 amide bonds. The number of benzene rings is 1. The quantitative estimate of drug-likeness (QED) is 0.655. The van der Waals surface area contributed by atoms with E-state index in [-0.39, 0.29) is 5.97 Å². The lowest BCUT2D eigenvalue weighted by Crippen LogP contribution is -2.54. The van der Waals surface area contributed by atoms with E-state index in [1.54, 1.807) is 0 Å². The number of carbonyl (C=O) groups is 1. The van der Waals surface area contributed by atoms with Gasteiger partial charge in [-0.2, -0.15) is 0 Å². The number of piperidine rings is 1. The van der Waals surface area contributed by atoms with Crippen LogP contribution >= 0.6 is 0 Å². The van der Waals surface area contributed by atoms with Crippen LogP contribution in [0, 0.1) is 5.92 Å². The number of ether oxygens (including phenoxy) is 2. The van der Waals surface area contributed by atoms with Crippen molar-refractivity contribution in [2.75, 3.05) is 53.0 Å². The highest BCUT2D eigenvalue weighted by atomic mass is 16.5. The summed E-state index contributed by atoms with van der Waals surface area (Å²) in [5.74, 6) is 0.449. The van der Waals surface area contributed by atoms with Crippen LogP contribution in [-0.4, -0.2) is 74.9 Å². The van der Waals surface area contributed by atoms with Gasteiger partial charge in [-0.25, -0.2) is 0 Å². The normalized spacial score (nSPS) is 24.6. The van der Waals surface area contributed by atoms with Gasteiger partial charge in [0.15, 0.2) is 0 Å². The molecule has 1 aromatic carbocycles. The molecule has 2 heterocycles. The van der Waals surface area contributed by atoms with E-state index in [1.807, 2.05) is 0 Å². The minimum absolute atomic E-state index is 0.0862. The molecule has 0 radical (unpaired) electrons. The number of carbonyl (C=O) groups excluding carboxylic acids is 1. The van der Waals surface area contributed by atoms with Gasteiger partial charge in [-0.05, 0) is 50.3 Å². The van der Waals surface area contributed by atoms with Crippen molar-refractivity contribution in [3.8, 4) is 0 Å². The molecule has 5 nitrogen and oxygen atoms in total. The zero-order valence-electron chi connectivity index (χ0n) is 16.6. The fraction of sp³-hybridized carbons (Fsp3) is 0.682. The van der Waals surface area contributed by atoms with Crippen LogP contribution < -0.4 is 0 Å². The predicted molar refractivity (Wildman–Crippen MR) is 107 cm³/mol. The molecule has 2 aliphatic rings. The number of esters is 1. The average Bonchev–Trinajstić information content (AvgIpc) is 2.73. The van der Waals surface area contributed by atoms with Gasteiger partial charge >= 0.3 is 5.97 Å². The van der Waals surface area contributed by atoms with E-state index in [0.717, 1.165) is 58.8 Å². The second kappa shape index (κ2) is 10.8. The zero-order valence-corrected chi connectivity index (χ0v) is 16.6. The van der Waals surface area contributed by atoms with Gasteiger partial charge < -0.3 is 14.4 Å². The molecular weight excluding hydrogens is 340 g/mol. The van der Waals surface area contributed by atoms with Crippen molar-refractivity contribution in [2.24, 2.45) is 5.92 Å². The molecule has 3 rings (SSSR count). The minimum atomic E-state index is -0.0862. The Morgan fingerprint density at radius 3 is 2.70 bits per heavy atom. The standard InChI is InChI=1S/C22H34N2O3/c1-26-22(25)10-9-20-18-23(12-5-8-19-6-3-2-4-7-19)13-11-21(20)24-14-16-27-17-15-24/h2-4,6-7,20-21H,5,8-18H2,1H3/t20-,21+/m0/s1. The lowest BCUT2D eigenvalue weighted by atomic mass is 9.86. The van der Waals surface area contributed by atoms with Gasteiger partial charge in [0.05, 0.1) is 20.3 Å². The highest BCUT2D eigenvalue weighted by molar-refractivity contribution is 5.69. The Morgan fingerprint density at radius 1 is 1.19 bits per heavy atom. The van der Waals surface area contributed by atoms with Crippen molar-refractivity contribution in [1.82, 2.24) is 9.80 Å². The van der Waals surface area contributed by atoms with Crippen molar-refractivity contribution in [3.05, 3.63) is 35.9 Å². The Morgan fingerprint density at radius 2 is 1.96 bits per heavy atom. The van der Waals surface area contributed by atoms with Crippen LogP contribution in [-0.2, 0) is 20.7 Å². The number of hydrogen-bond donors (Lipinski definition) is 0. The molecule has 5 heteroatoms. The van der Waals surface area contributed by atoms with Crippen LogP contribution in [0.4, 0.5) is 0 Å². The third kappa shape index (κ3) is 6.30. The van der Waals surface area contributed by atoms with Gasteiger partial charge in [0.1, 0.15) is 0 Å². The Labute approximate surface area is 163 Å². The number of methoxy groups -OCH3 is 1. The van der Waals surface area contributed by atoms with E-state index in [2.05, 4.69) is 40.1 Å². The summed E-state index contributed by atoms with van der Waals surface area (Å²) in [6.07, 6.45) is 4.97. The molecule has 0 spiro atoms. The van der Waals surface area contributed by atoms with Crippen LogP contribution in [0.2, 0.25) is 0 Å². The van der Waals surface area contributed by atoms with Crippen LogP contribution in [0.25, 0.3) is 0 Å². The highest BCUT2D eigenvalue weighted by Gasteiger charge is 2.33. The van der Waals surface area contributed by atoms with Gasteiger partial charge in [-0.3, -0.25) is 9.69 Å². The van der Waals surface area contributed by atoms with Crippen LogP contribution in [0.3, 0.4) is 0 Å². The molecule has 150 valence electrons. The minimum Gasteiger partial charge on any atom is -0.469 e. The molecule has 0 unspecified atom stereocenters. The fourth-order valence-corrected chi connectivity index (χ4v) is 4.53. The first kappa shape index (κ1) is 20.3. The summed E-state index contributed by atoms with van der Waals surface area (Å²) in [6.45, 7) is 7.10. The summed E-state index contributed by atoms with van der Waals surface area (Å²) in [6, 6.07) is 11.3. The maximum absolute atomic E-state index is 11.7. The Hall–Kier alpha value is -1.43. The number of rotatable bonds is 8. The SMILES string of the molecule is COC(=O)CC[C@H]1CN(CCCc2ccccc2)CC[C@H]1N1CCOCC1. The second-order valence-electron chi connectivity index (χ2n) is 7.77. The number of morpholine rings is 1. The maximum Gasteiger partial charge on any atom is 0.305 e. The molecule has 2 atom stereocenters. The van der Waals surface area contributed by atoms with E-state index in [1.165, 1.54) is 25.5 Å². The van der Waals surface area contributed by atoms with Crippen molar-refractivity contribution >= 4 is 5.97 Å². The van der Waals surface area contributed by atoms with E-state index < -0.39 is 0 Å². The zero-order chi connectivity index (χ0) is 18.9. The largest absolute Gasteiger partial charge is 0.469 e. The van der Waals surface area contributed by atoms with E-state index in [4.69, 9.17) is 9.47 Å². The van der Waals surface area contributed by atoms with Gasteiger partial charge in [0, 0.05) is 32.1 Å². The molecule has 0 bridgehead atoms. The molecule has 0 N–H and O–H groups in total. The fourth-order valence-electron chi connectivity index (χ4n) is 4.53. The third-order valence-electron chi connectivity index (χ3n) is 6.02. The van der Waals surface area contributed by atoms with E-state index in [9.17, 15) is 4.79 Å². The van der Waals surface area contributed by atoms with Crippen molar-refractivity contribution < 1.29 is 14.3 Å². The molecule has 2 saturated heterocycles. The first-order valence-electron chi connectivity index (χ1n) is 10.4.